The molecule has 118 valence electrons. The van der Waals surface area contributed by atoms with Crippen LogP contribution in [0.3, 0.4) is 0 Å². The van der Waals surface area contributed by atoms with Gasteiger partial charge in [0, 0.05) is 46.4 Å². The van der Waals surface area contributed by atoms with Crippen LogP contribution in [0.2, 0.25) is 0 Å². The predicted molar refractivity (Wildman–Crippen MR) is 81.8 cm³/mol. The highest BCUT2D eigenvalue weighted by Crippen LogP contribution is 2.20. The van der Waals surface area contributed by atoms with E-state index in [0.717, 1.165) is 39.2 Å². The SMILES string of the molecule is COCCC(C)(C)CNC(=O)C(C)(C)N1CCNCC1. The summed E-state index contributed by atoms with van der Waals surface area (Å²) in [6.45, 7) is 13.5. The van der Waals surface area contributed by atoms with Crippen LogP contribution in [-0.2, 0) is 9.53 Å². The molecule has 1 heterocycles. The summed E-state index contributed by atoms with van der Waals surface area (Å²) < 4.78 is 5.12. The van der Waals surface area contributed by atoms with Crippen molar-refractivity contribution in [1.29, 1.82) is 0 Å². The maximum atomic E-state index is 12.5. The highest BCUT2D eigenvalue weighted by atomic mass is 16.5. The predicted octanol–water partition coefficient (Wildman–Crippen LogP) is 0.849. The van der Waals surface area contributed by atoms with Crippen molar-refractivity contribution in [3.05, 3.63) is 0 Å². The Hall–Kier alpha value is -0.650. The van der Waals surface area contributed by atoms with Gasteiger partial charge in [-0.15, -0.1) is 0 Å². The van der Waals surface area contributed by atoms with E-state index in [9.17, 15) is 4.79 Å². The monoisotopic (exact) mass is 285 g/mol. The summed E-state index contributed by atoms with van der Waals surface area (Å²) in [6, 6.07) is 0. The second-order valence-electron chi connectivity index (χ2n) is 6.89. The molecule has 0 atom stereocenters. The second kappa shape index (κ2) is 7.38. The van der Waals surface area contributed by atoms with Crippen molar-refractivity contribution in [2.24, 2.45) is 5.41 Å². The molecular formula is C15H31N3O2. The number of rotatable bonds is 7. The summed E-state index contributed by atoms with van der Waals surface area (Å²) in [5.74, 6) is 0.116. The Morgan fingerprint density at radius 1 is 1.25 bits per heavy atom. The fourth-order valence-corrected chi connectivity index (χ4v) is 2.37. The Bertz CT molecular complexity index is 310. The van der Waals surface area contributed by atoms with E-state index in [2.05, 4.69) is 29.4 Å². The lowest BCUT2D eigenvalue weighted by Crippen LogP contribution is -2.60. The molecule has 20 heavy (non-hydrogen) atoms. The minimum atomic E-state index is -0.445. The highest BCUT2D eigenvalue weighted by Gasteiger charge is 2.35. The summed E-state index contributed by atoms with van der Waals surface area (Å²) in [6.07, 6.45) is 0.942. The van der Waals surface area contributed by atoms with Gasteiger partial charge >= 0.3 is 0 Å². The van der Waals surface area contributed by atoms with E-state index in [-0.39, 0.29) is 11.3 Å². The summed E-state index contributed by atoms with van der Waals surface area (Å²) >= 11 is 0. The van der Waals surface area contributed by atoms with Crippen molar-refractivity contribution in [1.82, 2.24) is 15.5 Å². The second-order valence-corrected chi connectivity index (χ2v) is 6.89. The van der Waals surface area contributed by atoms with Gasteiger partial charge in [0.1, 0.15) is 0 Å². The number of nitrogens with one attached hydrogen (secondary N) is 2. The average Bonchev–Trinajstić information content (AvgIpc) is 2.43. The van der Waals surface area contributed by atoms with E-state index in [1.807, 2.05) is 13.8 Å². The number of hydrogen-bond donors (Lipinski definition) is 2. The van der Waals surface area contributed by atoms with Crippen LogP contribution < -0.4 is 10.6 Å². The van der Waals surface area contributed by atoms with Crippen molar-refractivity contribution in [2.75, 3.05) is 46.4 Å². The number of piperazine rings is 1. The van der Waals surface area contributed by atoms with Gasteiger partial charge in [-0.3, -0.25) is 9.69 Å². The molecule has 5 nitrogen and oxygen atoms in total. The Kier molecular flexibility index (Phi) is 6.43. The molecule has 0 spiro atoms. The van der Waals surface area contributed by atoms with Crippen molar-refractivity contribution in [2.45, 2.75) is 39.7 Å². The Labute approximate surface area is 123 Å². The molecule has 2 N–H and O–H groups in total. The largest absolute Gasteiger partial charge is 0.385 e. The minimum absolute atomic E-state index is 0.0607. The maximum Gasteiger partial charge on any atom is 0.239 e. The molecule has 0 aromatic heterocycles. The molecule has 0 unspecified atom stereocenters. The van der Waals surface area contributed by atoms with Crippen LogP contribution in [0.1, 0.15) is 34.1 Å². The lowest BCUT2D eigenvalue weighted by molar-refractivity contribution is -0.132. The molecule has 0 aromatic rings. The van der Waals surface area contributed by atoms with Crippen LogP contribution in [0.4, 0.5) is 0 Å². The first-order valence-corrected chi connectivity index (χ1v) is 7.52. The summed E-state index contributed by atoms with van der Waals surface area (Å²) in [4.78, 5) is 14.7. The van der Waals surface area contributed by atoms with Crippen molar-refractivity contribution >= 4 is 5.91 Å². The minimum Gasteiger partial charge on any atom is -0.385 e. The van der Waals surface area contributed by atoms with E-state index in [4.69, 9.17) is 4.74 Å². The fraction of sp³-hybridized carbons (Fsp3) is 0.933. The topological polar surface area (TPSA) is 53.6 Å². The standard InChI is InChI=1S/C15H31N3O2/c1-14(2,6-11-20-5)12-17-13(19)15(3,4)18-9-7-16-8-10-18/h16H,6-12H2,1-5H3,(H,17,19). The molecule has 0 aliphatic carbocycles. The molecule has 1 aliphatic heterocycles. The van der Waals surface area contributed by atoms with E-state index in [1.165, 1.54) is 0 Å². The summed E-state index contributed by atoms with van der Waals surface area (Å²) in [7, 11) is 1.71. The molecular weight excluding hydrogens is 254 g/mol. The number of hydrogen-bond acceptors (Lipinski definition) is 4. The molecule has 1 fully saturated rings. The molecule has 5 heteroatoms. The maximum absolute atomic E-state index is 12.5. The van der Waals surface area contributed by atoms with Crippen LogP contribution >= 0.6 is 0 Å². The first kappa shape index (κ1) is 17.4. The van der Waals surface area contributed by atoms with Crippen molar-refractivity contribution in [3.8, 4) is 0 Å². The van der Waals surface area contributed by atoms with Crippen molar-refractivity contribution < 1.29 is 9.53 Å². The molecule has 1 rings (SSSR count). The van der Waals surface area contributed by atoms with Gasteiger partial charge in [-0.2, -0.15) is 0 Å². The van der Waals surface area contributed by atoms with Gasteiger partial charge in [-0.1, -0.05) is 13.8 Å². The van der Waals surface area contributed by atoms with Gasteiger partial charge < -0.3 is 15.4 Å². The number of nitrogens with zero attached hydrogens (tertiary/aromatic N) is 1. The van der Waals surface area contributed by atoms with Gasteiger partial charge in [0.15, 0.2) is 0 Å². The van der Waals surface area contributed by atoms with E-state index >= 15 is 0 Å². The van der Waals surface area contributed by atoms with E-state index in [0.29, 0.717) is 6.54 Å². The molecule has 0 bridgehead atoms. The fourth-order valence-electron chi connectivity index (χ4n) is 2.37. The number of amides is 1. The quantitative estimate of drug-likeness (QED) is 0.728. The zero-order chi connectivity index (χ0) is 15.2. The normalized spacial score (nSPS) is 18.1. The average molecular weight is 285 g/mol. The lowest BCUT2D eigenvalue weighted by Gasteiger charge is -2.40. The van der Waals surface area contributed by atoms with Gasteiger partial charge in [-0.25, -0.2) is 0 Å². The molecule has 0 aromatic carbocycles. The lowest BCUT2D eigenvalue weighted by atomic mass is 9.89. The highest BCUT2D eigenvalue weighted by molar-refractivity contribution is 5.85. The van der Waals surface area contributed by atoms with Crippen molar-refractivity contribution in [3.63, 3.8) is 0 Å². The summed E-state index contributed by atoms with van der Waals surface area (Å²) in [5, 5.41) is 6.43. The third-order valence-corrected chi connectivity index (χ3v) is 4.17. The van der Waals surface area contributed by atoms with Gasteiger partial charge in [0.2, 0.25) is 5.91 Å². The van der Waals surface area contributed by atoms with Crippen LogP contribution in [0, 0.1) is 5.41 Å². The smallest absolute Gasteiger partial charge is 0.239 e. The Morgan fingerprint density at radius 3 is 2.40 bits per heavy atom. The molecule has 0 saturated carbocycles. The molecule has 1 aliphatic rings. The number of carbonyl (C=O) groups excluding carboxylic acids is 1. The van der Waals surface area contributed by atoms with E-state index in [1.54, 1.807) is 7.11 Å². The number of carbonyl (C=O) groups is 1. The van der Waals surface area contributed by atoms with Crippen LogP contribution in [0.15, 0.2) is 0 Å². The third kappa shape index (κ3) is 5.04. The van der Waals surface area contributed by atoms with Crippen LogP contribution in [0.25, 0.3) is 0 Å². The summed E-state index contributed by atoms with van der Waals surface area (Å²) in [5.41, 5.74) is -0.384. The number of methoxy groups -OCH3 is 1. The van der Waals surface area contributed by atoms with E-state index < -0.39 is 5.54 Å². The van der Waals surface area contributed by atoms with Gasteiger partial charge in [0.05, 0.1) is 5.54 Å². The van der Waals surface area contributed by atoms with Gasteiger partial charge in [0.25, 0.3) is 0 Å². The molecule has 1 amide bonds. The molecule has 0 radical (unpaired) electrons. The Morgan fingerprint density at radius 2 is 1.85 bits per heavy atom. The first-order valence-electron chi connectivity index (χ1n) is 7.52. The van der Waals surface area contributed by atoms with Crippen LogP contribution in [-0.4, -0.2) is 62.8 Å². The third-order valence-electron chi connectivity index (χ3n) is 4.17. The Balaban J connectivity index is 2.47. The first-order chi connectivity index (χ1) is 9.29. The van der Waals surface area contributed by atoms with Crippen LogP contribution in [0.5, 0.6) is 0 Å². The zero-order valence-corrected chi connectivity index (χ0v) is 13.7. The number of ether oxygens (including phenoxy) is 1. The van der Waals surface area contributed by atoms with Gasteiger partial charge in [-0.05, 0) is 25.7 Å². The molecule has 1 saturated heterocycles. The zero-order valence-electron chi connectivity index (χ0n) is 13.7.